The van der Waals surface area contributed by atoms with Gasteiger partial charge in [0.1, 0.15) is 11.0 Å². The highest BCUT2D eigenvalue weighted by Gasteiger charge is 2.40. The number of nitrogens with zero attached hydrogens (tertiary/aromatic N) is 3. The van der Waals surface area contributed by atoms with Gasteiger partial charge in [0.15, 0.2) is 5.17 Å². The first-order valence-corrected chi connectivity index (χ1v) is 11.6. The number of benzene rings is 3. The van der Waals surface area contributed by atoms with Gasteiger partial charge in [-0.2, -0.15) is 5.10 Å². The van der Waals surface area contributed by atoms with E-state index in [1.165, 1.54) is 16.7 Å². The minimum Gasteiger partial charge on any atom is -0.497 e. The summed E-state index contributed by atoms with van der Waals surface area (Å²) in [5, 5.41) is 11.2. The van der Waals surface area contributed by atoms with Crippen LogP contribution in [0.2, 0.25) is 0 Å². The molecular formula is C26H24N4O3S. The van der Waals surface area contributed by atoms with Gasteiger partial charge >= 0.3 is 0 Å². The third kappa shape index (κ3) is 5.71. The highest BCUT2D eigenvalue weighted by molar-refractivity contribution is 8.16. The standard InChI is InChI=1S/C26H24N4O3S/c1-18-11-13-19(14-12-18)17-27-29-26-30(21-8-4-3-5-9-21)25(32)23(34-26)16-24(31)28-20-7-6-10-22(15-20)33-2/h3-15,17,23H,16H2,1-2H3,(H,28,31)/b27-17+,29-26-. The topological polar surface area (TPSA) is 83.4 Å². The fourth-order valence-electron chi connectivity index (χ4n) is 3.36. The normalized spacial score (nSPS) is 16.9. The van der Waals surface area contributed by atoms with Gasteiger partial charge in [0.05, 0.1) is 19.0 Å². The summed E-state index contributed by atoms with van der Waals surface area (Å²) in [6, 6.07) is 24.2. The summed E-state index contributed by atoms with van der Waals surface area (Å²) in [4.78, 5) is 27.4. The van der Waals surface area contributed by atoms with Crippen LogP contribution in [0.15, 0.2) is 89.1 Å². The molecule has 1 atom stereocenters. The molecule has 1 N–H and O–H groups in total. The SMILES string of the molecule is COc1cccc(NC(=O)CC2S/C(=N\N=C\c3ccc(C)cc3)N(c3ccccc3)C2=O)c1. The molecule has 0 aliphatic carbocycles. The molecule has 1 heterocycles. The molecular weight excluding hydrogens is 448 g/mol. The Morgan fingerprint density at radius 2 is 1.85 bits per heavy atom. The van der Waals surface area contributed by atoms with Crippen molar-refractivity contribution in [2.75, 3.05) is 17.3 Å². The van der Waals surface area contributed by atoms with Crippen molar-refractivity contribution >= 4 is 46.3 Å². The number of nitrogens with one attached hydrogen (secondary N) is 1. The zero-order valence-corrected chi connectivity index (χ0v) is 19.7. The minimum atomic E-state index is -0.612. The number of carbonyl (C=O) groups excluding carboxylic acids is 2. The van der Waals surface area contributed by atoms with E-state index < -0.39 is 5.25 Å². The molecule has 1 aliphatic heterocycles. The van der Waals surface area contributed by atoms with Crippen molar-refractivity contribution in [1.82, 2.24) is 0 Å². The highest BCUT2D eigenvalue weighted by atomic mass is 32.2. The van der Waals surface area contributed by atoms with Crippen LogP contribution >= 0.6 is 11.8 Å². The molecule has 172 valence electrons. The Morgan fingerprint density at radius 3 is 2.59 bits per heavy atom. The number of thioether (sulfide) groups is 1. The molecule has 0 radical (unpaired) electrons. The first-order valence-electron chi connectivity index (χ1n) is 10.7. The van der Waals surface area contributed by atoms with E-state index in [-0.39, 0.29) is 18.2 Å². The van der Waals surface area contributed by atoms with Crippen molar-refractivity contribution in [3.8, 4) is 5.75 Å². The minimum absolute atomic E-state index is 0.00470. The number of methoxy groups -OCH3 is 1. The van der Waals surface area contributed by atoms with Gasteiger partial charge < -0.3 is 10.1 Å². The number of amides is 2. The van der Waals surface area contributed by atoms with E-state index >= 15 is 0 Å². The summed E-state index contributed by atoms with van der Waals surface area (Å²) in [5.74, 6) is 0.165. The molecule has 0 bridgehead atoms. The summed E-state index contributed by atoms with van der Waals surface area (Å²) in [6.07, 6.45) is 1.65. The van der Waals surface area contributed by atoms with E-state index in [1.54, 1.807) is 37.6 Å². The van der Waals surface area contributed by atoms with Crippen LogP contribution in [0.5, 0.6) is 5.75 Å². The summed E-state index contributed by atoms with van der Waals surface area (Å²) in [6.45, 7) is 2.02. The molecule has 1 saturated heterocycles. The monoisotopic (exact) mass is 472 g/mol. The predicted octanol–water partition coefficient (Wildman–Crippen LogP) is 4.87. The van der Waals surface area contributed by atoms with Gasteiger partial charge in [-0.15, -0.1) is 5.10 Å². The Balaban J connectivity index is 1.52. The van der Waals surface area contributed by atoms with Crippen molar-refractivity contribution in [3.63, 3.8) is 0 Å². The first kappa shape index (κ1) is 23.3. The molecule has 0 aromatic heterocycles. The predicted molar refractivity (Wildman–Crippen MR) is 138 cm³/mol. The molecule has 4 rings (SSSR count). The highest BCUT2D eigenvalue weighted by Crippen LogP contribution is 2.34. The number of para-hydroxylation sites is 1. The van der Waals surface area contributed by atoms with Crippen molar-refractivity contribution in [2.24, 2.45) is 10.2 Å². The van der Waals surface area contributed by atoms with E-state index in [4.69, 9.17) is 4.74 Å². The third-order valence-corrected chi connectivity index (χ3v) is 6.23. The Labute approximate surface area is 202 Å². The lowest BCUT2D eigenvalue weighted by atomic mass is 10.2. The fraction of sp³-hybridized carbons (Fsp3) is 0.154. The second kappa shape index (κ2) is 10.8. The van der Waals surface area contributed by atoms with Crippen molar-refractivity contribution < 1.29 is 14.3 Å². The Hall–Kier alpha value is -3.91. The molecule has 2 amide bonds. The van der Waals surface area contributed by atoms with E-state index in [0.717, 1.165) is 11.1 Å². The fourth-order valence-corrected chi connectivity index (χ4v) is 4.45. The number of hydrogen-bond donors (Lipinski definition) is 1. The number of anilines is 2. The Bertz CT molecular complexity index is 1230. The maximum Gasteiger partial charge on any atom is 0.247 e. The number of hydrogen-bond acceptors (Lipinski definition) is 6. The van der Waals surface area contributed by atoms with Gasteiger partial charge in [-0.1, -0.05) is 65.9 Å². The summed E-state index contributed by atoms with van der Waals surface area (Å²) >= 11 is 1.23. The number of rotatable bonds is 7. The van der Waals surface area contributed by atoms with Crippen LogP contribution in [0.25, 0.3) is 0 Å². The van der Waals surface area contributed by atoms with Gasteiger partial charge in [-0.3, -0.25) is 14.5 Å². The second-order valence-corrected chi connectivity index (χ2v) is 8.81. The van der Waals surface area contributed by atoms with Crippen LogP contribution in [0.4, 0.5) is 11.4 Å². The summed E-state index contributed by atoms with van der Waals surface area (Å²) in [5.41, 5.74) is 3.35. The van der Waals surface area contributed by atoms with E-state index in [9.17, 15) is 9.59 Å². The zero-order chi connectivity index (χ0) is 23.9. The number of amidine groups is 1. The number of ether oxygens (including phenoxy) is 1. The van der Waals surface area contributed by atoms with Crippen LogP contribution < -0.4 is 15.0 Å². The van der Waals surface area contributed by atoms with E-state index in [0.29, 0.717) is 22.3 Å². The van der Waals surface area contributed by atoms with Gasteiger partial charge in [0.2, 0.25) is 11.8 Å². The summed E-state index contributed by atoms with van der Waals surface area (Å²) < 4.78 is 5.19. The van der Waals surface area contributed by atoms with Crippen molar-refractivity contribution in [2.45, 2.75) is 18.6 Å². The molecule has 0 spiro atoms. The maximum absolute atomic E-state index is 13.2. The van der Waals surface area contributed by atoms with Crippen molar-refractivity contribution in [1.29, 1.82) is 0 Å². The molecule has 0 saturated carbocycles. The van der Waals surface area contributed by atoms with Crippen LogP contribution in [0, 0.1) is 6.92 Å². The lowest BCUT2D eigenvalue weighted by Gasteiger charge is -2.15. The molecule has 7 nitrogen and oxygen atoms in total. The largest absolute Gasteiger partial charge is 0.497 e. The quantitative estimate of drug-likeness (QED) is 0.393. The van der Waals surface area contributed by atoms with Crippen LogP contribution in [0.1, 0.15) is 17.5 Å². The molecule has 3 aromatic rings. The van der Waals surface area contributed by atoms with E-state index in [2.05, 4.69) is 15.5 Å². The average Bonchev–Trinajstić information content (AvgIpc) is 3.15. The lowest BCUT2D eigenvalue weighted by molar-refractivity contribution is -0.121. The molecule has 8 heteroatoms. The Morgan fingerprint density at radius 1 is 1.09 bits per heavy atom. The van der Waals surface area contributed by atoms with Crippen molar-refractivity contribution in [3.05, 3.63) is 90.0 Å². The molecule has 3 aromatic carbocycles. The van der Waals surface area contributed by atoms with Crippen LogP contribution in [0.3, 0.4) is 0 Å². The van der Waals surface area contributed by atoms with Gasteiger partial charge in [0.25, 0.3) is 0 Å². The van der Waals surface area contributed by atoms with Crippen LogP contribution in [-0.4, -0.2) is 35.6 Å². The smallest absolute Gasteiger partial charge is 0.247 e. The maximum atomic E-state index is 13.2. The van der Waals surface area contributed by atoms with E-state index in [1.807, 2.05) is 61.5 Å². The Kier molecular flexibility index (Phi) is 7.39. The third-order valence-electron chi connectivity index (χ3n) is 5.10. The summed E-state index contributed by atoms with van der Waals surface area (Å²) in [7, 11) is 1.56. The molecule has 1 unspecified atom stereocenters. The zero-order valence-electron chi connectivity index (χ0n) is 18.8. The van der Waals surface area contributed by atoms with Gasteiger partial charge in [-0.05, 0) is 36.8 Å². The molecule has 34 heavy (non-hydrogen) atoms. The molecule has 1 fully saturated rings. The molecule has 1 aliphatic rings. The number of aryl methyl sites for hydroxylation is 1. The number of carbonyl (C=O) groups is 2. The lowest BCUT2D eigenvalue weighted by Crippen LogP contribution is -2.33. The second-order valence-electron chi connectivity index (χ2n) is 7.64. The average molecular weight is 473 g/mol. The van der Waals surface area contributed by atoms with Gasteiger partial charge in [-0.25, -0.2) is 0 Å². The van der Waals surface area contributed by atoms with Crippen LogP contribution in [-0.2, 0) is 9.59 Å². The first-order chi connectivity index (χ1) is 16.5. The van der Waals surface area contributed by atoms with Gasteiger partial charge in [0, 0.05) is 18.2 Å².